The van der Waals surface area contributed by atoms with Crippen molar-refractivity contribution in [1.82, 2.24) is 9.55 Å². The summed E-state index contributed by atoms with van der Waals surface area (Å²) in [5.74, 6) is 0.109. The average molecular weight is 503 g/mol. The molecular formula is C29H34N4O4. The van der Waals surface area contributed by atoms with Gasteiger partial charge in [-0.05, 0) is 69.2 Å². The Hall–Kier alpha value is -4.07. The van der Waals surface area contributed by atoms with E-state index in [9.17, 15) is 14.4 Å². The van der Waals surface area contributed by atoms with Gasteiger partial charge in [-0.3, -0.25) is 19.1 Å². The van der Waals surface area contributed by atoms with Crippen molar-refractivity contribution in [3.05, 3.63) is 98.2 Å². The fourth-order valence-electron chi connectivity index (χ4n) is 4.64. The quantitative estimate of drug-likeness (QED) is 0.427. The summed E-state index contributed by atoms with van der Waals surface area (Å²) < 4.78 is 7.24. The van der Waals surface area contributed by atoms with Crippen LogP contribution in [-0.4, -0.2) is 28.1 Å². The number of anilines is 2. The molecule has 0 radical (unpaired) electrons. The van der Waals surface area contributed by atoms with Gasteiger partial charge in [-0.1, -0.05) is 54.1 Å². The Bertz CT molecular complexity index is 1390. The SMILES string of the molecule is Cc1cccc(O[C@H](C)C(=O)N(CCC2=CCCCC2)c2c(N)n(Cc3ccccc3)c(=O)[nH]c2=O)c1. The van der Waals surface area contributed by atoms with Gasteiger partial charge in [0.25, 0.3) is 11.5 Å². The summed E-state index contributed by atoms with van der Waals surface area (Å²) in [4.78, 5) is 43.3. The van der Waals surface area contributed by atoms with Gasteiger partial charge in [0.1, 0.15) is 11.6 Å². The van der Waals surface area contributed by atoms with Crippen LogP contribution in [0.15, 0.2) is 75.8 Å². The summed E-state index contributed by atoms with van der Waals surface area (Å²) in [6.07, 6.45) is 6.19. The molecule has 0 saturated carbocycles. The first-order chi connectivity index (χ1) is 17.8. The molecule has 2 aromatic carbocycles. The van der Waals surface area contributed by atoms with Crippen LogP contribution >= 0.6 is 0 Å². The van der Waals surface area contributed by atoms with E-state index in [0.29, 0.717) is 12.2 Å². The number of benzene rings is 2. The predicted molar refractivity (Wildman–Crippen MR) is 146 cm³/mol. The van der Waals surface area contributed by atoms with E-state index in [4.69, 9.17) is 10.5 Å². The number of aryl methyl sites for hydroxylation is 1. The Labute approximate surface area is 216 Å². The van der Waals surface area contributed by atoms with Crippen molar-refractivity contribution in [2.75, 3.05) is 17.2 Å². The molecule has 0 fully saturated rings. The van der Waals surface area contributed by atoms with Crippen LogP contribution in [0.1, 0.15) is 50.2 Å². The van der Waals surface area contributed by atoms with Crippen LogP contribution in [-0.2, 0) is 11.3 Å². The lowest BCUT2D eigenvalue weighted by Crippen LogP contribution is -2.46. The lowest BCUT2D eigenvalue weighted by atomic mass is 9.97. The molecular weight excluding hydrogens is 468 g/mol. The molecule has 1 atom stereocenters. The maximum absolute atomic E-state index is 13.8. The van der Waals surface area contributed by atoms with Crippen molar-refractivity contribution in [2.45, 2.75) is 58.6 Å². The number of aromatic nitrogens is 2. The van der Waals surface area contributed by atoms with Crippen LogP contribution in [0.2, 0.25) is 0 Å². The van der Waals surface area contributed by atoms with Gasteiger partial charge >= 0.3 is 5.69 Å². The topological polar surface area (TPSA) is 110 Å². The van der Waals surface area contributed by atoms with E-state index >= 15 is 0 Å². The molecule has 8 heteroatoms. The zero-order valence-electron chi connectivity index (χ0n) is 21.4. The minimum absolute atomic E-state index is 0.0309. The fraction of sp³-hybridized carbons (Fsp3) is 0.345. The molecule has 3 aromatic rings. The van der Waals surface area contributed by atoms with E-state index in [1.54, 1.807) is 13.0 Å². The predicted octanol–water partition coefficient (Wildman–Crippen LogP) is 4.17. The number of nitrogens with one attached hydrogen (secondary N) is 1. The van der Waals surface area contributed by atoms with E-state index in [1.165, 1.54) is 15.0 Å². The normalized spacial score (nSPS) is 14.1. The molecule has 1 amide bonds. The highest BCUT2D eigenvalue weighted by molar-refractivity contribution is 5.98. The second kappa shape index (κ2) is 11.8. The molecule has 0 saturated heterocycles. The van der Waals surface area contributed by atoms with Crippen molar-refractivity contribution in [3.8, 4) is 5.75 Å². The molecule has 37 heavy (non-hydrogen) atoms. The van der Waals surface area contributed by atoms with Gasteiger partial charge in [-0.25, -0.2) is 4.79 Å². The minimum atomic E-state index is -0.879. The number of nitrogens with zero attached hydrogens (tertiary/aromatic N) is 2. The summed E-state index contributed by atoms with van der Waals surface area (Å²) in [5, 5.41) is 0. The molecule has 1 heterocycles. The molecule has 3 N–H and O–H groups in total. The second-order valence-corrected chi connectivity index (χ2v) is 9.49. The number of carbonyl (C=O) groups is 1. The highest BCUT2D eigenvalue weighted by atomic mass is 16.5. The van der Waals surface area contributed by atoms with Gasteiger partial charge in [0, 0.05) is 6.54 Å². The van der Waals surface area contributed by atoms with Gasteiger partial charge in [0.15, 0.2) is 11.8 Å². The number of amides is 1. The van der Waals surface area contributed by atoms with Crippen molar-refractivity contribution in [2.24, 2.45) is 0 Å². The first kappa shape index (κ1) is 26.0. The number of nitrogen functional groups attached to an aromatic ring is 1. The number of hydrogen-bond acceptors (Lipinski definition) is 5. The zero-order chi connectivity index (χ0) is 26.4. The summed E-state index contributed by atoms with van der Waals surface area (Å²) in [6, 6.07) is 16.8. The van der Waals surface area contributed by atoms with Gasteiger partial charge in [-0.2, -0.15) is 0 Å². The largest absolute Gasteiger partial charge is 0.481 e. The molecule has 8 nitrogen and oxygen atoms in total. The Morgan fingerprint density at radius 1 is 1.14 bits per heavy atom. The Balaban J connectivity index is 1.70. The molecule has 1 aliphatic carbocycles. The first-order valence-corrected chi connectivity index (χ1v) is 12.7. The summed E-state index contributed by atoms with van der Waals surface area (Å²) in [5.41, 5.74) is 8.20. The molecule has 0 unspecified atom stereocenters. The standard InChI is InChI=1S/C29H34N4O4/c1-20-10-9-15-24(18-20)37-21(2)28(35)32(17-16-22-11-5-3-6-12-22)25-26(30)33(29(36)31-27(25)34)19-23-13-7-4-8-14-23/h4,7-11,13-15,18,21H,3,5-6,12,16-17,19,30H2,1-2H3,(H,31,34,36)/t21-/m1/s1. The monoisotopic (exact) mass is 502 g/mol. The zero-order valence-corrected chi connectivity index (χ0v) is 21.4. The number of rotatable bonds is 9. The van der Waals surface area contributed by atoms with Gasteiger partial charge in [-0.15, -0.1) is 0 Å². The number of hydrogen-bond donors (Lipinski definition) is 2. The third-order valence-electron chi connectivity index (χ3n) is 6.63. The smallest absolute Gasteiger partial charge is 0.330 e. The van der Waals surface area contributed by atoms with Crippen LogP contribution in [0, 0.1) is 6.92 Å². The second-order valence-electron chi connectivity index (χ2n) is 9.49. The lowest BCUT2D eigenvalue weighted by Gasteiger charge is -2.28. The third kappa shape index (κ3) is 6.39. The molecule has 0 aliphatic heterocycles. The minimum Gasteiger partial charge on any atom is -0.481 e. The molecule has 0 spiro atoms. The summed E-state index contributed by atoms with van der Waals surface area (Å²) in [7, 11) is 0. The van der Waals surface area contributed by atoms with E-state index < -0.39 is 23.3 Å². The van der Waals surface area contributed by atoms with Crippen molar-refractivity contribution >= 4 is 17.4 Å². The van der Waals surface area contributed by atoms with E-state index in [2.05, 4.69) is 11.1 Å². The van der Waals surface area contributed by atoms with E-state index in [0.717, 1.165) is 36.8 Å². The van der Waals surface area contributed by atoms with E-state index in [-0.39, 0.29) is 24.6 Å². The van der Waals surface area contributed by atoms with E-state index in [1.807, 2.05) is 55.5 Å². The maximum atomic E-state index is 13.8. The Morgan fingerprint density at radius 2 is 1.92 bits per heavy atom. The van der Waals surface area contributed by atoms with Crippen LogP contribution in [0.3, 0.4) is 0 Å². The van der Waals surface area contributed by atoms with Crippen LogP contribution in [0.25, 0.3) is 0 Å². The Kier molecular flexibility index (Phi) is 8.28. The molecule has 0 bridgehead atoms. The summed E-state index contributed by atoms with van der Waals surface area (Å²) in [6.45, 7) is 4.02. The fourth-order valence-corrected chi connectivity index (χ4v) is 4.64. The number of aromatic amines is 1. The number of carbonyl (C=O) groups excluding carboxylic acids is 1. The van der Waals surface area contributed by atoms with Crippen LogP contribution in [0.5, 0.6) is 5.75 Å². The maximum Gasteiger partial charge on any atom is 0.330 e. The van der Waals surface area contributed by atoms with Gasteiger partial charge in [0.2, 0.25) is 0 Å². The number of allylic oxidation sites excluding steroid dienone is 1. The van der Waals surface area contributed by atoms with Crippen molar-refractivity contribution in [1.29, 1.82) is 0 Å². The molecule has 1 aliphatic rings. The highest BCUT2D eigenvalue weighted by Crippen LogP contribution is 2.25. The van der Waals surface area contributed by atoms with Gasteiger partial charge < -0.3 is 15.4 Å². The van der Waals surface area contributed by atoms with Crippen molar-refractivity contribution < 1.29 is 9.53 Å². The lowest BCUT2D eigenvalue weighted by molar-refractivity contribution is -0.124. The average Bonchev–Trinajstić information content (AvgIpc) is 2.89. The molecule has 194 valence electrons. The molecule has 1 aromatic heterocycles. The third-order valence-corrected chi connectivity index (χ3v) is 6.63. The van der Waals surface area contributed by atoms with Gasteiger partial charge in [0.05, 0.1) is 6.54 Å². The van der Waals surface area contributed by atoms with Crippen LogP contribution < -0.4 is 26.6 Å². The van der Waals surface area contributed by atoms with Crippen LogP contribution in [0.4, 0.5) is 11.5 Å². The Morgan fingerprint density at radius 3 is 2.62 bits per heavy atom. The molecule has 4 rings (SSSR count). The first-order valence-electron chi connectivity index (χ1n) is 12.7. The summed E-state index contributed by atoms with van der Waals surface area (Å²) >= 11 is 0. The number of nitrogens with two attached hydrogens (primary N) is 1. The van der Waals surface area contributed by atoms with Crippen molar-refractivity contribution in [3.63, 3.8) is 0 Å². The number of H-pyrrole nitrogens is 1. The number of ether oxygens (including phenoxy) is 1. The highest BCUT2D eigenvalue weighted by Gasteiger charge is 2.29.